The van der Waals surface area contributed by atoms with Crippen molar-refractivity contribution in [3.8, 4) is 11.4 Å². The van der Waals surface area contributed by atoms with E-state index >= 15 is 0 Å². The van der Waals surface area contributed by atoms with Gasteiger partial charge in [0.2, 0.25) is 11.7 Å². The van der Waals surface area contributed by atoms with Gasteiger partial charge in [-0.3, -0.25) is 0 Å². The molecule has 1 aliphatic rings. The van der Waals surface area contributed by atoms with Crippen molar-refractivity contribution in [1.29, 1.82) is 0 Å². The molecule has 1 fully saturated rings. The third-order valence-electron chi connectivity index (χ3n) is 5.00. The first kappa shape index (κ1) is 17.2. The molecule has 4 aromatic rings. The van der Waals surface area contributed by atoms with Crippen LogP contribution in [0.3, 0.4) is 0 Å². The molecule has 0 bridgehead atoms. The summed E-state index contributed by atoms with van der Waals surface area (Å²) >= 11 is 1.76. The van der Waals surface area contributed by atoms with Gasteiger partial charge in [-0.05, 0) is 29.5 Å². The first-order valence-electron chi connectivity index (χ1n) is 9.38. The number of hydrogen-bond acceptors (Lipinski definition) is 5. The molecule has 2 aromatic heterocycles. The summed E-state index contributed by atoms with van der Waals surface area (Å²) in [4.78, 5) is 9.23. The van der Waals surface area contributed by atoms with E-state index in [1.165, 1.54) is 11.1 Å². The minimum atomic E-state index is 0.301. The Balaban J connectivity index is 1.22. The van der Waals surface area contributed by atoms with Crippen molar-refractivity contribution in [1.82, 2.24) is 15.1 Å². The van der Waals surface area contributed by atoms with Crippen LogP contribution < -0.4 is 0 Å². The van der Waals surface area contributed by atoms with E-state index in [-0.39, 0.29) is 0 Å². The predicted octanol–water partition coefficient (Wildman–Crippen LogP) is 5.70. The Morgan fingerprint density at radius 2 is 1.68 bits per heavy atom. The molecule has 1 saturated carbocycles. The highest BCUT2D eigenvalue weighted by Crippen LogP contribution is 2.54. The van der Waals surface area contributed by atoms with Crippen molar-refractivity contribution >= 4 is 11.8 Å². The Labute approximate surface area is 168 Å². The van der Waals surface area contributed by atoms with Crippen LogP contribution in [-0.2, 0) is 5.75 Å². The molecule has 28 heavy (non-hydrogen) atoms. The van der Waals surface area contributed by atoms with E-state index in [0.717, 1.165) is 28.7 Å². The van der Waals surface area contributed by atoms with Gasteiger partial charge in [-0.15, -0.1) is 11.8 Å². The van der Waals surface area contributed by atoms with Crippen molar-refractivity contribution in [2.24, 2.45) is 0 Å². The molecule has 1 aliphatic carbocycles. The molecule has 0 aliphatic heterocycles. The molecular weight excluding hydrogens is 366 g/mol. The second kappa shape index (κ2) is 7.60. The lowest BCUT2D eigenvalue weighted by Gasteiger charge is -2.03. The van der Waals surface area contributed by atoms with Crippen LogP contribution in [0.2, 0.25) is 0 Å². The normalized spacial score (nSPS) is 18.1. The molecule has 0 radical (unpaired) electrons. The number of thioether (sulfide) groups is 1. The number of hydrogen-bond donors (Lipinski definition) is 0. The minimum absolute atomic E-state index is 0.301. The summed E-state index contributed by atoms with van der Waals surface area (Å²) in [5.41, 5.74) is 3.54. The van der Waals surface area contributed by atoms with Gasteiger partial charge in [0, 0.05) is 23.4 Å². The molecular formula is C23H19N3OS. The molecule has 4 nitrogen and oxygen atoms in total. The summed E-state index contributed by atoms with van der Waals surface area (Å²) < 4.78 is 5.52. The smallest absolute Gasteiger partial charge is 0.230 e. The fourth-order valence-corrected chi connectivity index (χ4v) is 4.15. The maximum atomic E-state index is 5.52. The number of nitrogens with zero attached hydrogens (tertiary/aromatic N) is 3. The van der Waals surface area contributed by atoms with Crippen LogP contribution in [0.5, 0.6) is 0 Å². The van der Waals surface area contributed by atoms with Gasteiger partial charge in [0.25, 0.3) is 0 Å². The lowest BCUT2D eigenvalue weighted by molar-refractivity contribution is 0.378. The van der Waals surface area contributed by atoms with E-state index in [0.29, 0.717) is 17.7 Å². The summed E-state index contributed by atoms with van der Waals surface area (Å²) in [7, 11) is 0. The molecule has 0 amide bonds. The molecule has 0 spiro atoms. The highest BCUT2D eigenvalue weighted by Gasteiger charge is 2.44. The van der Waals surface area contributed by atoms with Crippen LogP contribution in [0.15, 0.2) is 88.5 Å². The van der Waals surface area contributed by atoms with Gasteiger partial charge in [0.05, 0.1) is 5.03 Å². The average Bonchev–Trinajstić information content (AvgIpc) is 3.41. The third-order valence-corrected chi connectivity index (χ3v) is 6.01. The van der Waals surface area contributed by atoms with Crippen LogP contribution >= 0.6 is 11.8 Å². The molecule has 2 heterocycles. The maximum absolute atomic E-state index is 5.52. The Morgan fingerprint density at radius 1 is 0.893 bits per heavy atom. The lowest BCUT2D eigenvalue weighted by atomic mass is 10.1. The van der Waals surface area contributed by atoms with Gasteiger partial charge >= 0.3 is 0 Å². The first-order chi connectivity index (χ1) is 13.9. The molecule has 5 rings (SSSR count). The van der Waals surface area contributed by atoms with Crippen LogP contribution in [0.25, 0.3) is 11.4 Å². The highest BCUT2D eigenvalue weighted by atomic mass is 32.2. The average molecular weight is 385 g/mol. The zero-order chi connectivity index (χ0) is 18.8. The molecule has 2 aromatic carbocycles. The summed E-state index contributed by atoms with van der Waals surface area (Å²) in [6, 6.07) is 24.7. The zero-order valence-corrected chi connectivity index (χ0v) is 16.0. The topological polar surface area (TPSA) is 51.8 Å². The molecule has 2 atom stereocenters. The van der Waals surface area contributed by atoms with Gasteiger partial charge in [-0.2, -0.15) is 4.98 Å². The summed E-state index contributed by atoms with van der Waals surface area (Å²) in [5.74, 6) is 3.04. The van der Waals surface area contributed by atoms with Gasteiger partial charge in [-0.1, -0.05) is 71.9 Å². The fraction of sp³-hybridized carbons (Fsp3) is 0.174. The van der Waals surface area contributed by atoms with Crippen LogP contribution in [-0.4, -0.2) is 15.1 Å². The van der Waals surface area contributed by atoms with Crippen LogP contribution in [0.4, 0.5) is 0 Å². The Bertz CT molecular complexity index is 1050. The third kappa shape index (κ3) is 3.71. The van der Waals surface area contributed by atoms with Gasteiger partial charge < -0.3 is 4.52 Å². The molecule has 0 N–H and O–H groups in total. The largest absolute Gasteiger partial charge is 0.339 e. The molecule has 0 unspecified atom stereocenters. The van der Waals surface area contributed by atoms with Crippen molar-refractivity contribution in [2.75, 3.05) is 0 Å². The second-order valence-corrected chi connectivity index (χ2v) is 7.97. The summed E-state index contributed by atoms with van der Waals surface area (Å²) in [6.07, 6.45) is 3.03. The number of rotatable bonds is 6. The Hall–Kier alpha value is -2.92. The molecule has 0 saturated heterocycles. The predicted molar refractivity (Wildman–Crippen MR) is 110 cm³/mol. The van der Waals surface area contributed by atoms with E-state index in [4.69, 9.17) is 4.52 Å². The fourth-order valence-electron chi connectivity index (χ4n) is 3.35. The van der Waals surface area contributed by atoms with Crippen molar-refractivity contribution in [2.45, 2.75) is 29.0 Å². The number of aromatic nitrogens is 3. The van der Waals surface area contributed by atoms with Crippen molar-refractivity contribution in [3.63, 3.8) is 0 Å². The van der Waals surface area contributed by atoms with Gasteiger partial charge in [0.1, 0.15) is 0 Å². The standard InChI is InChI=1S/C23H19N3OS/c1-3-7-16(8-4-1)15-28-21-12-11-18(14-24-21)19-13-20(19)23-25-22(26-27-23)17-9-5-2-6-10-17/h1-12,14,19-20H,13,15H2/t19-,20+/m0/s1. The quantitative estimate of drug-likeness (QED) is 0.399. The Kier molecular flexibility index (Phi) is 4.67. The van der Waals surface area contributed by atoms with Gasteiger partial charge in [-0.25, -0.2) is 4.98 Å². The first-order valence-corrected chi connectivity index (χ1v) is 10.4. The zero-order valence-electron chi connectivity index (χ0n) is 15.2. The SMILES string of the molecule is c1ccc(CSc2ccc([C@@H]3C[C@H]3c3nc(-c4ccccc4)no3)cn2)cc1. The summed E-state index contributed by atoms with van der Waals surface area (Å²) in [5, 5.41) is 5.19. The van der Waals surface area contributed by atoms with Crippen LogP contribution in [0, 0.1) is 0 Å². The van der Waals surface area contributed by atoms with Crippen molar-refractivity contribution in [3.05, 3.63) is 96.0 Å². The van der Waals surface area contributed by atoms with E-state index in [1.54, 1.807) is 11.8 Å². The molecule has 138 valence electrons. The van der Waals surface area contributed by atoms with E-state index in [1.807, 2.05) is 42.6 Å². The monoisotopic (exact) mass is 385 g/mol. The van der Waals surface area contributed by atoms with Crippen molar-refractivity contribution < 1.29 is 4.52 Å². The second-order valence-electron chi connectivity index (χ2n) is 6.97. The van der Waals surface area contributed by atoms with E-state index in [2.05, 4.69) is 51.5 Å². The van der Waals surface area contributed by atoms with Crippen LogP contribution in [0.1, 0.15) is 35.3 Å². The lowest BCUT2D eigenvalue weighted by Crippen LogP contribution is -1.88. The Morgan fingerprint density at radius 3 is 2.43 bits per heavy atom. The number of benzene rings is 2. The van der Waals surface area contributed by atoms with Gasteiger partial charge in [0.15, 0.2) is 0 Å². The minimum Gasteiger partial charge on any atom is -0.339 e. The maximum Gasteiger partial charge on any atom is 0.230 e. The highest BCUT2D eigenvalue weighted by molar-refractivity contribution is 7.98. The van der Waals surface area contributed by atoms with E-state index in [9.17, 15) is 0 Å². The number of pyridine rings is 1. The molecule has 5 heteroatoms. The summed E-state index contributed by atoms with van der Waals surface area (Å²) in [6.45, 7) is 0. The van der Waals surface area contributed by atoms with E-state index < -0.39 is 0 Å².